The zero-order valence-electron chi connectivity index (χ0n) is 15.5. The average Bonchev–Trinajstić information content (AvgIpc) is 2.82. The number of fused-ring (bicyclic) bond motifs is 1. The minimum atomic E-state index is -3.59. The van der Waals surface area contributed by atoms with Crippen molar-refractivity contribution in [3.05, 3.63) is 29.8 Å². The third kappa shape index (κ3) is 5.00. The molecule has 1 amide bonds. The van der Waals surface area contributed by atoms with Gasteiger partial charge in [-0.15, -0.1) is 12.4 Å². The van der Waals surface area contributed by atoms with Crippen molar-refractivity contribution in [1.82, 2.24) is 14.9 Å². The molecule has 0 saturated carbocycles. The van der Waals surface area contributed by atoms with E-state index in [1.54, 1.807) is 24.3 Å². The molecule has 2 N–H and O–H groups in total. The van der Waals surface area contributed by atoms with Crippen molar-refractivity contribution in [2.75, 3.05) is 26.2 Å². The Hall–Kier alpha value is -1.64. The van der Waals surface area contributed by atoms with Crippen molar-refractivity contribution >= 4 is 34.2 Å². The van der Waals surface area contributed by atoms with Gasteiger partial charge in [0.25, 0.3) is 10.0 Å². The second-order valence-electron chi connectivity index (χ2n) is 6.67. The number of halogens is 1. The van der Waals surface area contributed by atoms with Gasteiger partial charge in [0.15, 0.2) is 0 Å². The molecule has 27 heavy (non-hydrogen) atoms. The maximum atomic E-state index is 13.0. The summed E-state index contributed by atoms with van der Waals surface area (Å²) in [5.74, 6) is 0.265. The van der Waals surface area contributed by atoms with Crippen molar-refractivity contribution in [2.45, 2.75) is 43.5 Å². The molecule has 1 aromatic rings. The maximum absolute atomic E-state index is 13.0. The minimum absolute atomic E-state index is 0. The van der Waals surface area contributed by atoms with Crippen LogP contribution >= 0.6 is 12.4 Å². The van der Waals surface area contributed by atoms with E-state index in [1.807, 2.05) is 4.90 Å². The Morgan fingerprint density at radius 3 is 2.81 bits per heavy atom. The monoisotopic (exact) mass is 414 g/mol. The zero-order valence-corrected chi connectivity index (χ0v) is 17.1. The van der Waals surface area contributed by atoms with Crippen molar-refractivity contribution in [3.63, 3.8) is 0 Å². The molecule has 0 aromatic heterocycles. The molecule has 2 aliphatic rings. The third-order valence-electron chi connectivity index (χ3n) is 4.72. The van der Waals surface area contributed by atoms with Crippen LogP contribution in [0, 0.1) is 0 Å². The van der Waals surface area contributed by atoms with Crippen LogP contribution in [-0.2, 0) is 14.8 Å². The van der Waals surface area contributed by atoms with Gasteiger partial charge in [0.1, 0.15) is 11.9 Å². The van der Waals surface area contributed by atoms with Crippen LogP contribution in [0.3, 0.4) is 0 Å². The number of sulfonamides is 1. The van der Waals surface area contributed by atoms with E-state index in [-0.39, 0.29) is 29.0 Å². The fourth-order valence-corrected chi connectivity index (χ4v) is 4.54. The summed E-state index contributed by atoms with van der Waals surface area (Å²) in [5, 5.41) is 3.29. The molecule has 1 atom stereocenters. The maximum Gasteiger partial charge on any atom is 0.263 e. The van der Waals surface area contributed by atoms with Gasteiger partial charge in [-0.05, 0) is 31.5 Å². The molecule has 1 unspecified atom stereocenters. The number of amides is 1. The van der Waals surface area contributed by atoms with Crippen molar-refractivity contribution in [3.8, 4) is 0 Å². The first-order chi connectivity index (χ1) is 12.5. The molecule has 1 aromatic carbocycles. The lowest BCUT2D eigenvalue weighted by atomic mass is 10.1. The van der Waals surface area contributed by atoms with E-state index in [9.17, 15) is 13.2 Å². The lowest BCUT2D eigenvalue weighted by Crippen LogP contribution is -2.41. The van der Waals surface area contributed by atoms with Gasteiger partial charge < -0.3 is 10.2 Å². The van der Waals surface area contributed by atoms with Crippen LogP contribution in [-0.4, -0.2) is 57.3 Å². The van der Waals surface area contributed by atoms with Crippen LogP contribution in [0.25, 0.3) is 0 Å². The normalized spacial score (nSPS) is 20.9. The predicted molar refractivity (Wildman–Crippen MR) is 108 cm³/mol. The Bertz CT molecular complexity index is 790. The van der Waals surface area contributed by atoms with Gasteiger partial charge in [-0.25, -0.2) is 8.42 Å². The molecule has 150 valence electrons. The van der Waals surface area contributed by atoms with Crippen molar-refractivity contribution in [1.29, 1.82) is 0 Å². The standard InChI is InChI=1S/C18H26N4O3S.ClH/c1-2-3-8-15(18(23)22-12-6-10-19-11-13-22)20-17-14-7-4-5-9-16(14)26(24,25)21-17;/h4-5,7,9,15,19H,2-3,6,8,10-13H2,1H3,(H,20,21);1H. The molecule has 0 spiro atoms. The van der Waals surface area contributed by atoms with E-state index in [0.29, 0.717) is 25.1 Å². The fourth-order valence-electron chi connectivity index (χ4n) is 3.30. The van der Waals surface area contributed by atoms with Crippen LogP contribution in [0.5, 0.6) is 0 Å². The SMILES string of the molecule is CCCCC(N=C1NS(=O)(=O)c2ccccc21)C(=O)N1CCCNCC1.Cl. The van der Waals surface area contributed by atoms with E-state index >= 15 is 0 Å². The van der Waals surface area contributed by atoms with E-state index in [2.05, 4.69) is 22.0 Å². The molecular formula is C18H27ClN4O3S. The number of aliphatic imine (C=N–C) groups is 1. The number of hydrogen-bond acceptors (Lipinski definition) is 5. The van der Waals surface area contributed by atoms with Gasteiger partial charge in [-0.2, -0.15) is 0 Å². The molecule has 9 heteroatoms. The van der Waals surface area contributed by atoms with E-state index in [0.717, 1.165) is 32.4 Å². The number of amidine groups is 1. The van der Waals surface area contributed by atoms with Crippen LogP contribution in [0.1, 0.15) is 38.2 Å². The van der Waals surface area contributed by atoms with Gasteiger partial charge >= 0.3 is 0 Å². The highest BCUT2D eigenvalue weighted by Gasteiger charge is 2.32. The first kappa shape index (κ1) is 21.7. The van der Waals surface area contributed by atoms with E-state index < -0.39 is 16.1 Å². The van der Waals surface area contributed by atoms with Gasteiger partial charge in [0.2, 0.25) is 5.91 Å². The molecule has 0 bridgehead atoms. The Labute approximate surface area is 167 Å². The fraction of sp³-hybridized carbons (Fsp3) is 0.556. The Morgan fingerprint density at radius 2 is 2.04 bits per heavy atom. The largest absolute Gasteiger partial charge is 0.340 e. The van der Waals surface area contributed by atoms with Gasteiger partial charge in [-0.1, -0.05) is 31.9 Å². The number of nitrogens with one attached hydrogen (secondary N) is 2. The zero-order chi connectivity index (χ0) is 18.6. The molecule has 1 fully saturated rings. The van der Waals surface area contributed by atoms with E-state index in [4.69, 9.17) is 0 Å². The quantitative estimate of drug-likeness (QED) is 0.764. The van der Waals surface area contributed by atoms with Gasteiger partial charge in [-0.3, -0.25) is 14.5 Å². The minimum Gasteiger partial charge on any atom is -0.340 e. The Morgan fingerprint density at radius 1 is 1.26 bits per heavy atom. The number of unbranched alkanes of at least 4 members (excludes halogenated alkanes) is 1. The molecule has 0 radical (unpaired) electrons. The predicted octanol–water partition coefficient (Wildman–Crippen LogP) is 1.53. The number of rotatable bonds is 5. The number of nitrogens with zero attached hydrogens (tertiary/aromatic N) is 2. The van der Waals surface area contributed by atoms with Crippen LogP contribution < -0.4 is 10.0 Å². The molecule has 2 aliphatic heterocycles. The average molecular weight is 415 g/mol. The van der Waals surface area contributed by atoms with Gasteiger partial charge in [0.05, 0.1) is 4.90 Å². The highest BCUT2D eigenvalue weighted by atomic mass is 35.5. The topological polar surface area (TPSA) is 90.9 Å². The smallest absolute Gasteiger partial charge is 0.263 e. The Balaban J connectivity index is 0.00000261. The summed E-state index contributed by atoms with van der Waals surface area (Å²) in [6.07, 6.45) is 3.36. The highest BCUT2D eigenvalue weighted by Crippen LogP contribution is 2.23. The summed E-state index contributed by atoms with van der Waals surface area (Å²) in [6, 6.07) is 6.19. The Kier molecular flexibility index (Phi) is 7.64. The highest BCUT2D eigenvalue weighted by molar-refractivity contribution is 7.90. The summed E-state index contributed by atoms with van der Waals surface area (Å²) in [4.78, 5) is 19.7. The molecule has 0 aliphatic carbocycles. The van der Waals surface area contributed by atoms with Gasteiger partial charge in [0, 0.05) is 25.2 Å². The van der Waals surface area contributed by atoms with Crippen molar-refractivity contribution < 1.29 is 13.2 Å². The number of carbonyl (C=O) groups excluding carboxylic acids is 1. The molecule has 1 saturated heterocycles. The number of benzene rings is 1. The van der Waals surface area contributed by atoms with Crippen LogP contribution in [0.4, 0.5) is 0 Å². The first-order valence-electron chi connectivity index (χ1n) is 9.22. The van der Waals surface area contributed by atoms with Crippen molar-refractivity contribution in [2.24, 2.45) is 4.99 Å². The summed E-state index contributed by atoms with van der Waals surface area (Å²) in [7, 11) is -3.59. The second kappa shape index (κ2) is 9.52. The summed E-state index contributed by atoms with van der Waals surface area (Å²) >= 11 is 0. The summed E-state index contributed by atoms with van der Waals surface area (Å²) < 4.78 is 27.1. The summed E-state index contributed by atoms with van der Waals surface area (Å²) in [5.41, 5.74) is 0.541. The number of carbonyl (C=O) groups is 1. The third-order valence-corrected chi connectivity index (χ3v) is 6.11. The first-order valence-corrected chi connectivity index (χ1v) is 10.7. The molecule has 3 rings (SSSR count). The molecule has 2 heterocycles. The number of hydrogen-bond donors (Lipinski definition) is 2. The van der Waals surface area contributed by atoms with Crippen LogP contribution in [0.2, 0.25) is 0 Å². The second-order valence-corrected chi connectivity index (χ2v) is 8.32. The van der Waals surface area contributed by atoms with Crippen LogP contribution in [0.15, 0.2) is 34.2 Å². The van der Waals surface area contributed by atoms with E-state index in [1.165, 1.54) is 0 Å². The molecule has 7 nitrogen and oxygen atoms in total. The molecular weight excluding hydrogens is 388 g/mol. The summed E-state index contributed by atoms with van der Waals surface area (Å²) in [6.45, 7) is 5.12. The lowest BCUT2D eigenvalue weighted by molar-refractivity contribution is -0.132. The lowest BCUT2D eigenvalue weighted by Gasteiger charge is -2.24.